The lowest BCUT2D eigenvalue weighted by Crippen LogP contribution is -2.56. The monoisotopic (exact) mass is 426 g/mol. The van der Waals surface area contributed by atoms with Crippen LogP contribution in [-0.2, 0) is 0 Å². The lowest BCUT2D eigenvalue weighted by Gasteiger charge is -2.57. The number of nitriles is 1. The van der Waals surface area contributed by atoms with Gasteiger partial charge in [0.2, 0.25) is 11.8 Å². The van der Waals surface area contributed by atoms with Crippen molar-refractivity contribution in [2.45, 2.75) is 37.8 Å². The van der Waals surface area contributed by atoms with Crippen molar-refractivity contribution in [2.24, 2.45) is 11.1 Å². The van der Waals surface area contributed by atoms with Gasteiger partial charge in [-0.2, -0.15) is 5.26 Å². The Bertz CT molecular complexity index is 1170. The molecule has 8 heteroatoms. The van der Waals surface area contributed by atoms with Gasteiger partial charge in [-0.25, -0.2) is 15.0 Å². The van der Waals surface area contributed by atoms with Crippen molar-refractivity contribution in [3.05, 3.63) is 66.1 Å². The van der Waals surface area contributed by atoms with Crippen LogP contribution in [0.25, 0.3) is 11.1 Å². The first-order chi connectivity index (χ1) is 15.5. The summed E-state index contributed by atoms with van der Waals surface area (Å²) >= 11 is 0. The molecule has 2 saturated carbocycles. The molecule has 0 unspecified atom stereocenters. The topological polar surface area (TPSA) is 127 Å². The van der Waals surface area contributed by atoms with Gasteiger partial charge in [0.15, 0.2) is 0 Å². The van der Waals surface area contributed by atoms with Crippen LogP contribution in [0.2, 0.25) is 0 Å². The van der Waals surface area contributed by atoms with Crippen molar-refractivity contribution in [3.8, 4) is 23.1 Å². The smallest absolute Gasteiger partial charge is 0.254 e. The molecule has 0 aliphatic heterocycles. The van der Waals surface area contributed by atoms with Crippen molar-refractivity contribution in [2.75, 3.05) is 5.32 Å². The molecule has 2 aliphatic rings. The average molecular weight is 426 g/mol. The van der Waals surface area contributed by atoms with Gasteiger partial charge >= 0.3 is 0 Å². The summed E-state index contributed by atoms with van der Waals surface area (Å²) in [5.41, 5.74) is 8.52. The fourth-order valence-corrected chi connectivity index (χ4v) is 4.71. The number of amides is 1. The first-order valence-electron chi connectivity index (χ1n) is 10.5. The number of hydrogen-bond acceptors (Lipinski definition) is 7. The van der Waals surface area contributed by atoms with Crippen molar-refractivity contribution >= 4 is 11.9 Å². The van der Waals surface area contributed by atoms with E-state index in [1.54, 1.807) is 42.9 Å². The summed E-state index contributed by atoms with van der Waals surface area (Å²) < 4.78 is 5.92. The van der Waals surface area contributed by atoms with Crippen LogP contribution in [0.3, 0.4) is 0 Å². The molecule has 0 saturated heterocycles. The summed E-state index contributed by atoms with van der Waals surface area (Å²) in [5, 5.41) is 12.3. The number of pyridine rings is 1. The van der Waals surface area contributed by atoms with E-state index in [0.717, 1.165) is 36.8 Å². The SMILES string of the molecule is N#Cc1ccc(-c2cnc(NC3CC4(C3)CC(Oc3ncccc3C(N)=O)C4)nc2)cc1. The van der Waals surface area contributed by atoms with Crippen LogP contribution < -0.4 is 15.8 Å². The quantitative estimate of drug-likeness (QED) is 0.619. The molecule has 160 valence electrons. The van der Waals surface area contributed by atoms with E-state index in [2.05, 4.69) is 26.3 Å². The number of nitrogens with zero attached hydrogens (tertiary/aromatic N) is 4. The number of anilines is 1. The first-order valence-corrected chi connectivity index (χ1v) is 10.5. The molecular weight excluding hydrogens is 404 g/mol. The number of carbonyl (C=O) groups is 1. The third-order valence-corrected chi connectivity index (χ3v) is 6.33. The van der Waals surface area contributed by atoms with Gasteiger partial charge in [-0.05, 0) is 60.9 Å². The lowest BCUT2D eigenvalue weighted by molar-refractivity contribution is -0.0760. The molecule has 3 aromatic rings. The lowest BCUT2D eigenvalue weighted by atomic mass is 9.53. The predicted octanol–water partition coefficient (Wildman–Crippen LogP) is 3.31. The van der Waals surface area contributed by atoms with Crippen LogP contribution in [-0.4, -0.2) is 33.0 Å². The summed E-state index contributed by atoms with van der Waals surface area (Å²) in [7, 11) is 0. The van der Waals surface area contributed by atoms with E-state index >= 15 is 0 Å². The van der Waals surface area contributed by atoms with Crippen LogP contribution in [0.15, 0.2) is 55.0 Å². The molecule has 2 fully saturated rings. The van der Waals surface area contributed by atoms with Crippen molar-refractivity contribution in [3.63, 3.8) is 0 Å². The van der Waals surface area contributed by atoms with Gasteiger partial charge in [0.25, 0.3) is 5.91 Å². The predicted molar refractivity (Wildman–Crippen MR) is 118 cm³/mol. The van der Waals surface area contributed by atoms with Gasteiger partial charge in [0.1, 0.15) is 11.7 Å². The molecule has 3 N–H and O–H groups in total. The maximum atomic E-state index is 11.5. The molecule has 2 aliphatic carbocycles. The Hall–Kier alpha value is -3.99. The standard InChI is InChI=1S/C24H22N6O2/c25-12-15-3-5-16(6-4-15)17-13-28-23(29-14-17)30-18-8-24(9-18)10-19(11-24)32-22-20(21(26)31)2-1-7-27-22/h1-7,13-14,18-19H,8-11H2,(H2,26,31)(H,28,29,30). The van der Waals surface area contributed by atoms with E-state index < -0.39 is 5.91 Å². The van der Waals surface area contributed by atoms with Gasteiger partial charge in [-0.15, -0.1) is 0 Å². The Morgan fingerprint density at radius 2 is 1.78 bits per heavy atom. The zero-order valence-electron chi connectivity index (χ0n) is 17.4. The summed E-state index contributed by atoms with van der Waals surface area (Å²) in [5.74, 6) is 0.416. The van der Waals surface area contributed by atoms with Gasteiger partial charge in [0, 0.05) is 30.2 Å². The van der Waals surface area contributed by atoms with E-state index in [-0.39, 0.29) is 11.5 Å². The second-order valence-corrected chi connectivity index (χ2v) is 8.60. The molecule has 0 radical (unpaired) electrons. The molecule has 8 nitrogen and oxygen atoms in total. The van der Waals surface area contributed by atoms with Crippen LogP contribution in [0.5, 0.6) is 5.88 Å². The van der Waals surface area contributed by atoms with E-state index in [0.29, 0.717) is 29.0 Å². The van der Waals surface area contributed by atoms with Gasteiger partial charge < -0.3 is 15.8 Å². The first kappa shape index (κ1) is 19.9. The van der Waals surface area contributed by atoms with Crippen LogP contribution >= 0.6 is 0 Å². The summed E-state index contributed by atoms with van der Waals surface area (Å²) in [6.07, 6.45) is 9.22. The molecule has 32 heavy (non-hydrogen) atoms. The van der Waals surface area contributed by atoms with E-state index in [9.17, 15) is 4.79 Å². The van der Waals surface area contributed by atoms with Crippen LogP contribution in [0.1, 0.15) is 41.6 Å². The molecule has 1 spiro atoms. The highest BCUT2D eigenvalue weighted by molar-refractivity contribution is 5.94. The Balaban J connectivity index is 1.11. The number of nitrogens with two attached hydrogens (primary N) is 1. The zero-order chi connectivity index (χ0) is 22.1. The van der Waals surface area contributed by atoms with E-state index in [4.69, 9.17) is 15.7 Å². The fourth-order valence-electron chi connectivity index (χ4n) is 4.71. The van der Waals surface area contributed by atoms with Crippen molar-refractivity contribution in [1.82, 2.24) is 15.0 Å². The molecular formula is C24H22N6O2. The minimum absolute atomic E-state index is 0.0619. The number of primary amides is 1. The second kappa shape index (κ2) is 7.93. The molecule has 1 amide bonds. The minimum atomic E-state index is -0.528. The Kier molecular flexibility index (Phi) is 4.94. The number of ether oxygens (including phenoxy) is 1. The van der Waals surface area contributed by atoms with Crippen molar-refractivity contribution < 1.29 is 9.53 Å². The highest BCUT2D eigenvalue weighted by Crippen LogP contribution is 2.57. The largest absolute Gasteiger partial charge is 0.474 e. The number of carbonyl (C=O) groups excluding carboxylic acids is 1. The molecule has 0 bridgehead atoms. The fraction of sp³-hybridized carbons (Fsp3) is 0.292. The molecule has 2 aromatic heterocycles. The number of benzene rings is 1. The third kappa shape index (κ3) is 3.85. The Morgan fingerprint density at radius 3 is 2.44 bits per heavy atom. The maximum Gasteiger partial charge on any atom is 0.254 e. The summed E-state index contributed by atoms with van der Waals surface area (Å²) in [6, 6.07) is 13.1. The average Bonchev–Trinajstić information content (AvgIpc) is 2.77. The zero-order valence-corrected chi connectivity index (χ0v) is 17.4. The second-order valence-electron chi connectivity index (χ2n) is 8.60. The molecule has 5 rings (SSSR count). The summed E-state index contributed by atoms with van der Waals surface area (Å²) in [4.78, 5) is 24.6. The molecule has 1 aromatic carbocycles. The van der Waals surface area contributed by atoms with Crippen LogP contribution in [0.4, 0.5) is 5.95 Å². The number of nitrogens with one attached hydrogen (secondary N) is 1. The number of rotatable bonds is 6. The molecule has 2 heterocycles. The normalized spacial score (nSPS) is 23.5. The molecule has 0 atom stereocenters. The van der Waals surface area contributed by atoms with Crippen LogP contribution in [0, 0.1) is 16.7 Å². The van der Waals surface area contributed by atoms with Gasteiger partial charge in [-0.3, -0.25) is 4.79 Å². The maximum absolute atomic E-state index is 11.5. The van der Waals surface area contributed by atoms with Crippen molar-refractivity contribution in [1.29, 1.82) is 5.26 Å². The highest BCUT2D eigenvalue weighted by atomic mass is 16.5. The van der Waals surface area contributed by atoms with Gasteiger partial charge in [0.05, 0.1) is 11.6 Å². The van der Waals surface area contributed by atoms with E-state index in [1.807, 2.05) is 12.1 Å². The van der Waals surface area contributed by atoms with E-state index in [1.165, 1.54) is 0 Å². The van der Waals surface area contributed by atoms with Gasteiger partial charge in [-0.1, -0.05) is 12.1 Å². The Labute approximate surface area is 185 Å². The third-order valence-electron chi connectivity index (χ3n) is 6.33. The Morgan fingerprint density at radius 1 is 1.06 bits per heavy atom. The number of aromatic nitrogens is 3. The minimum Gasteiger partial charge on any atom is -0.474 e. The number of hydrogen-bond donors (Lipinski definition) is 2. The highest BCUT2D eigenvalue weighted by Gasteiger charge is 2.54. The summed E-state index contributed by atoms with van der Waals surface area (Å²) in [6.45, 7) is 0.